The lowest BCUT2D eigenvalue weighted by molar-refractivity contribution is 0.670. The quantitative estimate of drug-likeness (QED) is 0.107. The summed E-state index contributed by atoms with van der Waals surface area (Å²) in [4.78, 5) is 49.7. The summed E-state index contributed by atoms with van der Waals surface area (Å²) >= 11 is 3.67. The minimum atomic E-state index is 0.118. The van der Waals surface area contributed by atoms with E-state index in [2.05, 4.69) is 380 Å². The van der Waals surface area contributed by atoms with Crippen LogP contribution in [0.5, 0.6) is 0 Å². The minimum Gasteiger partial charge on any atom is -0.455 e. The summed E-state index contributed by atoms with van der Waals surface area (Å²) in [6.07, 6.45) is 29.1. The molecule has 1 aliphatic carbocycles. The van der Waals surface area contributed by atoms with Gasteiger partial charge < -0.3 is 13.9 Å². The summed E-state index contributed by atoms with van der Waals surface area (Å²) in [6.45, 7) is 0. The van der Waals surface area contributed by atoms with Crippen LogP contribution in [-0.4, -0.2) is 78.7 Å². The Hall–Kier alpha value is -19.6. The van der Waals surface area contributed by atoms with Crippen LogP contribution in [0, 0.1) is 0 Å². The first kappa shape index (κ1) is 87.2. The highest BCUT2D eigenvalue weighted by Gasteiger charge is 2.44. The van der Waals surface area contributed by atoms with Gasteiger partial charge in [0.1, 0.15) is 51.3 Å². The molecule has 2 atom stereocenters. The van der Waals surface area contributed by atoms with Crippen molar-refractivity contribution in [2.24, 2.45) is 0 Å². The topological polar surface area (TPSA) is 170 Å². The Bertz CT molecular complexity index is 9550. The van der Waals surface area contributed by atoms with Crippen molar-refractivity contribution in [3.8, 4) is 107 Å². The summed E-state index contributed by atoms with van der Waals surface area (Å²) < 4.78 is 23.0. The molecular formula is C130H84N16OS2. The van der Waals surface area contributed by atoms with Gasteiger partial charge in [0.05, 0.1) is 72.6 Å². The molecule has 2 unspecified atom stereocenters. The van der Waals surface area contributed by atoms with Gasteiger partial charge in [-0.05, 0) is 168 Å². The van der Waals surface area contributed by atoms with Gasteiger partial charge in [0.15, 0.2) is 0 Å². The molecule has 31 rings (SSSR count). The lowest BCUT2D eigenvalue weighted by atomic mass is 9.89. The first-order chi connectivity index (χ1) is 74.0. The van der Waals surface area contributed by atoms with E-state index in [4.69, 9.17) is 29.3 Å². The molecule has 15 aromatic carbocycles. The van der Waals surface area contributed by atoms with E-state index in [1.165, 1.54) is 101 Å². The lowest BCUT2D eigenvalue weighted by Crippen LogP contribution is -2.28. The first-order valence-electron chi connectivity index (χ1n) is 49.6. The maximum absolute atomic E-state index is 6.44. The fraction of sp³-hybridized carbons (Fsp3) is 0.0154. The second-order valence-corrected chi connectivity index (χ2v) is 38.9. The number of para-hydroxylation sites is 5. The predicted octanol–water partition coefficient (Wildman–Crippen LogP) is 32.6. The van der Waals surface area contributed by atoms with Crippen molar-refractivity contribution in [2.75, 3.05) is 4.90 Å². The second kappa shape index (κ2) is 37.0. The molecule has 2 aliphatic rings. The smallest absolute Gasteiger partial charge is 0.147 e. The maximum Gasteiger partial charge on any atom is 0.147 e. The van der Waals surface area contributed by atoms with Crippen LogP contribution < -0.4 is 4.90 Å². The summed E-state index contributed by atoms with van der Waals surface area (Å²) in [6, 6.07) is 142. The number of furan rings is 1. The lowest BCUT2D eigenvalue weighted by Gasteiger charge is -2.29. The number of imidazole rings is 4. The molecule has 702 valence electrons. The van der Waals surface area contributed by atoms with Crippen molar-refractivity contribution < 1.29 is 4.42 Å². The van der Waals surface area contributed by atoms with E-state index in [0.717, 1.165) is 151 Å². The number of anilines is 2. The van der Waals surface area contributed by atoms with Gasteiger partial charge in [-0.15, -0.1) is 22.7 Å². The molecule has 0 saturated heterocycles. The number of thiophene rings is 2. The number of hydrogen-bond donors (Lipinski definition) is 0. The fourth-order valence-electron chi connectivity index (χ4n) is 22.0. The second-order valence-electron chi connectivity index (χ2n) is 36.8. The number of aromatic nitrogens is 15. The van der Waals surface area contributed by atoms with Crippen molar-refractivity contribution in [1.82, 2.24) is 72.7 Å². The third kappa shape index (κ3) is 14.9. The molecule has 0 radical (unpaired) electrons. The number of allylic oxidation sites excluding steroid dienone is 2. The zero-order valence-corrected chi connectivity index (χ0v) is 81.5. The molecule has 29 aromatic rings. The van der Waals surface area contributed by atoms with E-state index in [0.29, 0.717) is 0 Å². The molecule has 0 amide bonds. The molecule has 0 bridgehead atoms. The summed E-state index contributed by atoms with van der Waals surface area (Å²) in [5, 5.41) is 9.37. The zero-order valence-electron chi connectivity index (χ0n) is 79.9. The van der Waals surface area contributed by atoms with E-state index >= 15 is 0 Å². The van der Waals surface area contributed by atoms with Crippen LogP contribution in [0.2, 0.25) is 0 Å². The van der Waals surface area contributed by atoms with Crippen LogP contribution in [0.15, 0.2) is 503 Å². The van der Waals surface area contributed by atoms with Gasteiger partial charge in [-0.25, -0.2) is 24.9 Å². The Morgan fingerprint density at radius 3 is 1.14 bits per heavy atom. The van der Waals surface area contributed by atoms with Crippen LogP contribution in [0.4, 0.5) is 11.4 Å². The Kier molecular flexibility index (Phi) is 21.6. The average molecular weight is 1950 g/mol. The van der Waals surface area contributed by atoms with Crippen molar-refractivity contribution in [3.05, 3.63) is 504 Å². The van der Waals surface area contributed by atoms with Gasteiger partial charge in [-0.3, -0.25) is 43.2 Å². The number of benzene rings is 15. The van der Waals surface area contributed by atoms with E-state index < -0.39 is 0 Å². The van der Waals surface area contributed by atoms with Crippen LogP contribution >= 0.6 is 22.7 Å². The summed E-state index contributed by atoms with van der Waals surface area (Å²) in [7, 11) is 0. The number of hydrogen-bond acceptors (Lipinski definition) is 14. The molecule has 0 saturated carbocycles. The SMILES string of the molecule is C1=CC2c3c(c4c(nc(-c5ccccc5)n4-c4ccccc4)c4c5ccccc5n(-c5ccccc5)c34)N(c3ccccc3)C2C=C1.c1ccc(-c2cc3c(nc(-c4ccncc4)n3-c3ccccn3)c3c2sc2ccccc23)cc1.c1ccc(-c2cc3c(nc(-c4ccncc4)n3-c3ccncc3)c3c2oc2ccccc23)cc1.c1ccc(-c2cc3c(nc(-c4ccncc4)n3-c3ccncc3)c3c2sc2ccccc23)cc1. The molecule has 0 N–H and O–H groups in total. The number of nitrogens with zero attached hydrogens (tertiary/aromatic N) is 16. The van der Waals surface area contributed by atoms with Crippen LogP contribution in [0.1, 0.15) is 11.5 Å². The molecule has 15 heterocycles. The van der Waals surface area contributed by atoms with E-state index in [1.54, 1.807) is 24.8 Å². The fourth-order valence-corrected chi connectivity index (χ4v) is 24.5. The summed E-state index contributed by atoms with van der Waals surface area (Å²) in [5.41, 5.74) is 31.4. The zero-order chi connectivity index (χ0) is 98.4. The molecule has 17 nitrogen and oxygen atoms in total. The molecule has 149 heavy (non-hydrogen) atoms. The highest BCUT2D eigenvalue weighted by molar-refractivity contribution is 7.27. The van der Waals surface area contributed by atoms with Gasteiger partial charge in [0, 0.05) is 192 Å². The van der Waals surface area contributed by atoms with Gasteiger partial charge in [-0.2, -0.15) is 0 Å². The van der Waals surface area contributed by atoms with Crippen molar-refractivity contribution in [2.45, 2.75) is 12.0 Å². The third-order valence-corrected chi connectivity index (χ3v) is 30.8. The standard InChI is InChI=1S/C43H30N4.C29H18N4O.2C29H18N4S/c1-5-17-29(18-6-1)43-44-39-37-33-25-13-15-27-35(33)45(30-19-7-2-8-20-30)40(37)38-34-26-14-16-28-36(34)46(31-21-9-3-10-22-31)41(38)42(39)47(43)32-23-11-4-12-24-32;1-2-6-19(7-3-1)23-18-24-27(26-22-8-4-5-9-25(22)34-28(23)26)32-29(20-10-14-30-15-11-20)33(24)21-12-16-31-17-13-21;1-2-8-19(9-3-1)22-18-23-27(26-21-10-4-5-11-24(21)34-28(22)26)32-29(20-13-16-30-17-14-20)33(23)25-12-6-7-15-31-25;1-2-6-19(7-3-1)23-18-24-27(26-22-8-4-5-9-25(22)34-28(23)26)32-29(20-10-14-30-15-11-20)33(24)21-12-16-31-17-13-21/h1-28,34,36H;3*1-18H. The number of pyridine rings is 6. The number of fused-ring (bicyclic) bond motifs is 25. The Balaban J connectivity index is 0.0000000966. The Labute approximate surface area is 861 Å². The highest BCUT2D eigenvalue weighted by Crippen LogP contribution is 2.58. The number of rotatable bonds is 13. The van der Waals surface area contributed by atoms with Gasteiger partial charge in [0.2, 0.25) is 0 Å². The van der Waals surface area contributed by atoms with Crippen molar-refractivity contribution in [3.63, 3.8) is 0 Å². The molecule has 0 fully saturated rings. The predicted molar refractivity (Wildman–Crippen MR) is 610 cm³/mol. The molecule has 14 aromatic heterocycles. The largest absolute Gasteiger partial charge is 0.455 e. The molecular weight excluding hydrogens is 1870 g/mol. The minimum absolute atomic E-state index is 0.118. The molecule has 0 spiro atoms. The van der Waals surface area contributed by atoms with Gasteiger partial charge in [-0.1, -0.05) is 279 Å². The molecule has 1 aliphatic heterocycles. The van der Waals surface area contributed by atoms with Gasteiger partial charge >= 0.3 is 0 Å². The Morgan fingerprint density at radius 1 is 0.255 bits per heavy atom. The van der Waals surface area contributed by atoms with Gasteiger partial charge in [0.25, 0.3) is 0 Å². The summed E-state index contributed by atoms with van der Waals surface area (Å²) in [5.74, 6) is 4.53. The van der Waals surface area contributed by atoms with E-state index in [-0.39, 0.29) is 12.0 Å². The van der Waals surface area contributed by atoms with Crippen LogP contribution in [0.25, 0.3) is 236 Å². The van der Waals surface area contributed by atoms with Crippen molar-refractivity contribution in [1.29, 1.82) is 0 Å². The van der Waals surface area contributed by atoms with Crippen LogP contribution in [-0.2, 0) is 0 Å². The van der Waals surface area contributed by atoms with E-state index in [9.17, 15) is 0 Å². The van der Waals surface area contributed by atoms with Crippen molar-refractivity contribution >= 4 is 162 Å². The monoisotopic (exact) mass is 1950 g/mol. The first-order valence-corrected chi connectivity index (χ1v) is 51.2. The Morgan fingerprint density at radius 2 is 0.631 bits per heavy atom. The average Bonchev–Trinajstić information content (AvgIpc) is 1.51. The highest BCUT2D eigenvalue weighted by atomic mass is 32.1. The third-order valence-electron chi connectivity index (χ3n) is 28.4. The van der Waals surface area contributed by atoms with E-state index in [1.807, 2.05) is 169 Å². The van der Waals surface area contributed by atoms with Crippen LogP contribution in [0.3, 0.4) is 0 Å². The molecule has 19 heteroatoms. The normalized spacial score (nSPS) is 13.2. The maximum atomic E-state index is 6.44.